The van der Waals surface area contributed by atoms with Crippen LogP contribution in [0, 0.1) is 0 Å². The van der Waals surface area contributed by atoms with E-state index >= 15 is 0 Å². The number of amides is 1. The number of carbonyl (C=O) groups is 2. The molecule has 0 spiro atoms. The van der Waals surface area contributed by atoms with Gasteiger partial charge in [0.25, 0.3) is 5.91 Å². The molecule has 6 nitrogen and oxygen atoms in total. The third kappa shape index (κ3) is 6.52. The average molecular weight is 574 g/mol. The topological polar surface area (TPSA) is 68.7 Å². The number of benzene rings is 2. The van der Waals surface area contributed by atoms with E-state index < -0.39 is 5.97 Å². The molecule has 0 aliphatic heterocycles. The fourth-order valence-electron chi connectivity index (χ4n) is 3.13. The molecule has 1 heterocycles. The highest BCUT2D eigenvalue weighted by Gasteiger charge is 2.16. The Balaban J connectivity index is 1.92. The molecule has 0 atom stereocenters. The lowest BCUT2D eigenvalue weighted by Crippen LogP contribution is -2.28. The summed E-state index contributed by atoms with van der Waals surface area (Å²) in [5, 5.41) is 0. The molecule has 2 aromatic carbocycles. The first-order valence-electron chi connectivity index (χ1n) is 10.1. The first kappa shape index (κ1) is 24.7. The van der Waals surface area contributed by atoms with Gasteiger partial charge in [-0.05, 0) is 77.0 Å². The van der Waals surface area contributed by atoms with Crippen molar-refractivity contribution in [2.75, 3.05) is 18.6 Å². The largest absolute Gasteiger partial charge is 0.495 e. The van der Waals surface area contributed by atoms with Gasteiger partial charge >= 0.3 is 5.97 Å². The summed E-state index contributed by atoms with van der Waals surface area (Å²) in [7, 11) is 1.58. The molecule has 0 bridgehead atoms. The summed E-state index contributed by atoms with van der Waals surface area (Å²) in [6.45, 7) is 2.37. The zero-order chi connectivity index (χ0) is 23.8. The van der Waals surface area contributed by atoms with Crippen LogP contribution in [-0.4, -0.2) is 30.6 Å². The minimum atomic E-state index is -0.401. The molecule has 0 saturated carbocycles. The molecule has 0 N–H and O–H groups in total. The van der Waals surface area contributed by atoms with E-state index in [4.69, 9.17) is 9.47 Å². The van der Waals surface area contributed by atoms with Crippen molar-refractivity contribution in [3.8, 4) is 5.75 Å². The molecule has 8 heteroatoms. The predicted molar refractivity (Wildman–Crippen MR) is 135 cm³/mol. The van der Waals surface area contributed by atoms with E-state index in [1.54, 1.807) is 61.7 Å². The average Bonchev–Trinajstić information content (AvgIpc) is 2.81. The SMILES string of the molecule is CCOC(=O)c1ccc(N(Cc2cccnc2)C(=O)/C=C/c2cc(Br)cc(Br)c2OC)cc1. The Morgan fingerprint density at radius 2 is 1.88 bits per heavy atom. The van der Waals surface area contributed by atoms with Gasteiger partial charge in [-0.1, -0.05) is 22.0 Å². The van der Waals surface area contributed by atoms with Crippen LogP contribution in [0.1, 0.15) is 28.4 Å². The third-order valence-electron chi connectivity index (χ3n) is 4.67. The second-order valence-electron chi connectivity index (χ2n) is 6.90. The van der Waals surface area contributed by atoms with Crippen LogP contribution in [0.5, 0.6) is 5.75 Å². The van der Waals surface area contributed by atoms with Crippen LogP contribution in [0.4, 0.5) is 5.69 Å². The lowest BCUT2D eigenvalue weighted by molar-refractivity contribution is -0.114. The van der Waals surface area contributed by atoms with Gasteiger partial charge in [0.1, 0.15) is 5.75 Å². The smallest absolute Gasteiger partial charge is 0.338 e. The Labute approximate surface area is 209 Å². The van der Waals surface area contributed by atoms with Crippen molar-refractivity contribution in [1.29, 1.82) is 0 Å². The summed E-state index contributed by atoms with van der Waals surface area (Å²) in [5.41, 5.74) is 2.68. The Morgan fingerprint density at radius 1 is 1.12 bits per heavy atom. The second-order valence-corrected chi connectivity index (χ2v) is 8.67. The van der Waals surface area contributed by atoms with Crippen molar-refractivity contribution in [1.82, 2.24) is 4.98 Å². The molecule has 0 fully saturated rings. The second kappa shape index (κ2) is 11.8. The van der Waals surface area contributed by atoms with Crippen molar-refractivity contribution in [3.05, 3.63) is 92.6 Å². The Morgan fingerprint density at radius 3 is 2.52 bits per heavy atom. The molecule has 0 radical (unpaired) electrons. The number of rotatable bonds is 8. The molecular formula is C25H22Br2N2O4. The number of aromatic nitrogens is 1. The van der Waals surface area contributed by atoms with Gasteiger partial charge in [0, 0.05) is 34.2 Å². The van der Waals surface area contributed by atoms with Crippen molar-refractivity contribution >= 4 is 55.5 Å². The van der Waals surface area contributed by atoms with Crippen molar-refractivity contribution in [3.63, 3.8) is 0 Å². The molecular weight excluding hydrogens is 552 g/mol. The van der Waals surface area contributed by atoms with Crippen molar-refractivity contribution in [2.45, 2.75) is 13.5 Å². The van der Waals surface area contributed by atoms with Gasteiger partial charge < -0.3 is 14.4 Å². The molecule has 3 rings (SSSR count). The van der Waals surface area contributed by atoms with E-state index in [1.165, 1.54) is 6.08 Å². The minimum absolute atomic E-state index is 0.235. The number of anilines is 1. The van der Waals surface area contributed by atoms with E-state index in [0.717, 1.165) is 20.1 Å². The highest BCUT2D eigenvalue weighted by Crippen LogP contribution is 2.33. The number of pyridine rings is 1. The maximum Gasteiger partial charge on any atom is 0.338 e. The van der Waals surface area contributed by atoms with Gasteiger partial charge in [-0.3, -0.25) is 9.78 Å². The number of hydrogen-bond donors (Lipinski definition) is 0. The van der Waals surface area contributed by atoms with Gasteiger partial charge in [-0.25, -0.2) is 4.79 Å². The van der Waals surface area contributed by atoms with Crippen molar-refractivity contribution in [2.24, 2.45) is 0 Å². The third-order valence-corrected chi connectivity index (χ3v) is 5.71. The molecule has 170 valence electrons. The molecule has 0 saturated heterocycles. The highest BCUT2D eigenvalue weighted by molar-refractivity contribution is 9.11. The van der Waals surface area contributed by atoms with Gasteiger partial charge in [-0.2, -0.15) is 0 Å². The number of ether oxygens (including phenoxy) is 2. The van der Waals surface area contributed by atoms with E-state index in [0.29, 0.717) is 30.2 Å². The van der Waals surface area contributed by atoms with Crippen LogP contribution in [0.15, 0.2) is 75.9 Å². The van der Waals surface area contributed by atoms with Crippen LogP contribution in [0.25, 0.3) is 6.08 Å². The monoisotopic (exact) mass is 572 g/mol. The molecule has 0 aliphatic carbocycles. The summed E-state index contributed by atoms with van der Waals surface area (Å²) in [6.07, 6.45) is 6.60. The summed E-state index contributed by atoms with van der Waals surface area (Å²) in [4.78, 5) is 31.0. The van der Waals surface area contributed by atoms with Crippen LogP contribution in [-0.2, 0) is 16.1 Å². The fourth-order valence-corrected chi connectivity index (χ4v) is 4.55. The zero-order valence-electron chi connectivity index (χ0n) is 18.1. The zero-order valence-corrected chi connectivity index (χ0v) is 21.3. The lowest BCUT2D eigenvalue weighted by atomic mass is 10.1. The van der Waals surface area contributed by atoms with Crippen LogP contribution in [0.3, 0.4) is 0 Å². The quantitative estimate of drug-likeness (QED) is 0.243. The maximum atomic E-state index is 13.3. The number of esters is 1. The van der Waals surface area contributed by atoms with Gasteiger partial charge in [0.2, 0.25) is 0 Å². The predicted octanol–water partition coefficient (Wildman–Crippen LogP) is 6.04. The highest BCUT2D eigenvalue weighted by atomic mass is 79.9. The number of nitrogens with zero attached hydrogens (tertiary/aromatic N) is 2. The minimum Gasteiger partial charge on any atom is -0.495 e. The van der Waals surface area contributed by atoms with E-state index in [9.17, 15) is 9.59 Å². The maximum absolute atomic E-state index is 13.3. The first-order chi connectivity index (χ1) is 15.9. The molecule has 3 aromatic rings. The van der Waals surface area contributed by atoms with Gasteiger partial charge in [0.15, 0.2) is 0 Å². The van der Waals surface area contributed by atoms with E-state index in [1.807, 2.05) is 24.3 Å². The number of halogens is 2. The normalized spacial score (nSPS) is 10.8. The number of methoxy groups -OCH3 is 1. The molecule has 0 unspecified atom stereocenters. The van der Waals surface area contributed by atoms with E-state index in [-0.39, 0.29) is 5.91 Å². The van der Waals surface area contributed by atoms with Crippen LogP contribution >= 0.6 is 31.9 Å². The summed E-state index contributed by atoms with van der Waals surface area (Å²) >= 11 is 6.94. The van der Waals surface area contributed by atoms with Gasteiger partial charge in [0.05, 0.1) is 30.3 Å². The summed E-state index contributed by atoms with van der Waals surface area (Å²) < 4.78 is 12.1. The standard InChI is InChI=1S/C25H22Br2N2O4/c1-3-33-25(31)18-6-9-21(10-7-18)29(16-17-5-4-12-28-15-17)23(30)11-8-19-13-20(26)14-22(27)24(19)32-2/h4-15H,3,16H2,1-2H3/b11-8+. The molecule has 1 aromatic heterocycles. The molecule has 1 amide bonds. The molecule has 0 aliphatic rings. The van der Waals surface area contributed by atoms with Gasteiger partial charge in [-0.15, -0.1) is 0 Å². The Kier molecular flexibility index (Phi) is 8.79. The van der Waals surface area contributed by atoms with E-state index in [2.05, 4.69) is 36.8 Å². The Bertz CT molecular complexity index is 1150. The lowest BCUT2D eigenvalue weighted by Gasteiger charge is -2.22. The summed E-state index contributed by atoms with van der Waals surface area (Å²) in [6, 6.07) is 14.2. The number of hydrogen-bond acceptors (Lipinski definition) is 5. The van der Waals surface area contributed by atoms with Crippen LogP contribution in [0.2, 0.25) is 0 Å². The molecule has 33 heavy (non-hydrogen) atoms. The Hall–Kier alpha value is -2.97. The van der Waals surface area contributed by atoms with Crippen molar-refractivity contribution < 1.29 is 19.1 Å². The first-order valence-corrected chi connectivity index (χ1v) is 11.7. The number of carbonyl (C=O) groups excluding carboxylic acids is 2. The fraction of sp³-hybridized carbons (Fsp3) is 0.160. The van der Waals surface area contributed by atoms with Crippen LogP contribution < -0.4 is 9.64 Å². The summed E-state index contributed by atoms with van der Waals surface area (Å²) in [5.74, 6) is -0.0119.